The highest BCUT2D eigenvalue weighted by molar-refractivity contribution is 6.33. The molecule has 4 N–H and O–H groups in total. The molecule has 21 heavy (non-hydrogen) atoms. The first-order valence-corrected chi connectivity index (χ1v) is 7.01. The molecule has 110 valence electrons. The van der Waals surface area contributed by atoms with E-state index >= 15 is 0 Å². The summed E-state index contributed by atoms with van der Waals surface area (Å²) >= 11 is 6.05. The Morgan fingerprint density at radius 1 is 1.48 bits per heavy atom. The number of hydrogen-bond donors (Lipinski definition) is 3. The van der Waals surface area contributed by atoms with Crippen LogP contribution in [-0.2, 0) is 0 Å². The summed E-state index contributed by atoms with van der Waals surface area (Å²) in [5.41, 5.74) is 6.49. The van der Waals surface area contributed by atoms with Crippen LogP contribution < -0.4 is 5.73 Å². The molecule has 3 rings (SSSR count). The predicted molar refractivity (Wildman–Crippen MR) is 83.7 cm³/mol. The number of aromatic nitrogens is 2. The lowest BCUT2D eigenvalue weighted by molar-refractivity contribution is 0.101. The summed E-state index contributed by atoms with van der Waals surface area (Å²) < 4.78 is 0. The molecule has 1 saturated carbocycles. The van der Waals surface area contributed by atoms with Gasteiger partial charge in [-0.25, -0.2) is 4.98 Å². The number of Topliss-reactive ketones (excluding diaryl/α,β-unsaturated/α-hetero) is 1. The first-order chi connectivity index (χ1) is 9.99. The molecule has 1 aliphatic rings. The fraction of sp³-hybridized carbons (Fsp3) is 0.267. The smallest absolute Gasteiger partial charge is 0.159 e. The van der Waals surface area contributed by atoms with Crippen molar-refractivity contribution in [3.8, 4) is 11.4 Å². The Morgan fingerprint density at radius 3 is 2.57 bits per heavy atom. The zero-order valence-electron chi connectivity index (χ0n) is 11.7. The first-order valence-electron chi connectivity index (χ1n) is 6.63. The van der Waals surface area contributed by atoms with Gasteiger partial charge in [-0.1, -0.05) is 17.7 Å². The average molecular weight is 305 g/mol. The van der Waals surface area contributed by atoms with Crippen molar-refractivity contribution >= 4 is 23.2 Å². The predicted octanol–water partition coefficient (Wildman–Crippen LogP) is 3.27. The van der Waals surface area contributed by atoms with Gasteiger partial charge in [0, 0.05) is 29.4 Å². The topological polar surface area (TPSA) is 95.6 Å². The zero-order chi connectivity index (χ0) is 15.4. The van der Waals surface area contributed by atoms with Gasteiger partial charge < -0.3 is 10.7 Å². The van der Waals surface area contributed by atoms with E-state index in [0.717, 1.165) is 18.4 Å². The lowest BCUT2D eigenvalue weighted by Crippen LogP contribution is -2.10. The van der Waals surface area contributed by atoms with Crippen LogP contribution in [0.4, 0.5) is 0 Å². The van der Waals surface area contributed by atoms with E-state index in [9.17, 15) is 4.79 Å². The van der Waals surface area contributed by atoms with E-state index < -0.39 is 0 Å². The Labute approximate surface area is 128 Å². The van der Waals surface area contributed by atoms with Crippen molar-refractivity contribution < 1.29 is 4.79 Å². The van der Waals surface area contributed by atoms with E-state index in [4.69, 9.17) is 22.7 Å². The zero-order valence-corrected chi connectivity index (χ0v) is 12.4. The molecule has 0 saturated heterocycles. The molecule has 1 aromatic heterocycles. The van der Waals surface area contributed by atoms with Crippen LogP contribution in [0.25, 0.3) is 11.4 Å². The second kappa shape index (κ2) is 6.54. The molecule has 1 aromatic carbocycles. The van der Waals surface area contributed by atoms with Crippen LogP contribution in [0.5, 0.6) is 0 Å². The summed E-state index contributed by atoms with van der Waals surface area (Å²) in [5.74, 6) is 1.54. The summed E-state index contributed by atoms with van der Waals surface area (Å²) in [6.07, 6.45) is 5.68. The van der Waals surface area contributed by atoms with Gasteiger partial charge in [0.1, 0.15) is 5.82 Å². The molecule has 0 unspecified atom stereocenters. The third-order valence-corrected chi connectivity index (χ3v) is 3.46. The van der Waals surface area contributed by atoms with Gasteiger partial charge in [-0.2, -0.15) is 0 Å². The van der Waals surface area contributed by atoms with Gasteiger partial charge >= 0.3 is 0 Å². The highest BCUT2D eigenvalue weighted by atomic mass is 35.5. The van der Waals surface area contributed by atoms with Crippen LogP contribution in [0.2, 0.25) is 5.02 Å². The van der Waals surface area contributed by atoms with Crippen molar-refractivity contribution in [2.24, 2.45) is 11.7 Å². The summed E-state index contributed by atoms with van der Waals surface area (Å²) in [4.78, 5) is 18.2. The summed E-state index contributed by atoms with van der Waals surface area (Å²) in [5, 5.41) is 7.31. The van der Waals surface area contributed by atoms with E-state index in [1.54, 1.807) is 30.6 Å². The van der Waals surface area contributed by atoms with Crippen LogP contribution >= 0.6 is 11.6 Å². The quantitative estimate of drug-likeness (QED) is 0.461. The van der Waals surface area contributed by atoms with Crippen molar-refractivity contribution in [1.82, 2.24) is 9.97 Å². The lowest BCUT2D eigenvalue weighted by Gasteiger charge is -2.02. The van der Waals surface area contributed by atoms with Crippen LogP contribution in [0, 0.1) is 11.3 Å². The van der Waals surface area contributed by atoms with Gasteiger partial charge in [0.15, 0.2) is 5.78 Å². The van der Waals surface area contributed by atoms with Gasteiger partial charge in [-0.05, 0) is 31.9 Å². The van der Waals surface area contributed by atoms with Crippen LogP contribution in [0.1, 0.15) is 30.1 Å². The van der Waals surface area contributed by atoms with Crippen molar-refractivity contribution in [2.75, 3.05) is 0 Å². The number of nitrogens with one attached hydrogen (secondary N) is 2. The molecule has 0 atom stereocenters. The maximum atomic E-state index is 11.1. The molecule has 1 aliphatic carbocycles. The Bertz CT molecular complexity index is 648. The number of H-pyrrole nitrogens is 1. The molecule has 0 spiro atoms. The van der Waals surface area contributed by atoms with Gasteiger partial charge in [-0.3, -0.25) is 10.2 Å². The summed E-state index contributed by atoms with van der Waals surface area (Å²) in [6.45, 7) is 1.51. The number of ketones is 1. The number of imidazole rings is 1. The van der Waals surface area contributed by atoms with Crippen molar-refractivity contribution in [2.45, 2.75) is 19.8 Å². The fourth-order valence-electron chi connectivity index (χ4n) is 1.73. The maximum absolute atomic E-state index is 11.1. The molecular weight excluding hydrogens is 288 g/mol. The molecule has 6 heteroatoms. The Hall–Kier alpha value is -2.14. The third kappa shape index (κ3) is 4.16. The number of nitrogens with zero attached hydrogens (tertiary/aromatic N) is 1. The first kappa shape index (κ1) is 15.3. The number of aromatic amines is 1. The second-order valence-corrected chi connectivity index (χ2v) is 5.33. The van der Waals surface area contributed by atoms with E-state index in [2.05, 4.69) is 9.97 Å². The van der Waals surface area contributed by atoms with E-state index in [1.165, 1.54) is 6.92 Å². The molecule has 0 bridgehead atoms. The van der Waals surface area contributed by atoms with Gasteiger partial charge in [-0.15, -0.1) is 0 Å². The highest BCUT2D eigenvalue weighted by Gasteiger charge is 2.23. The van der Waals surface area contributed by atoms with Crippen molar-refractivity contribution in [3.63, 3.8) is 0 Å². The van der Waals surface area contributed by atoms with E-state index in [1.807, 2.05) is 0 Å². The largest absolute Gasteiger partial charge is 0.387 e. The number of carbonyl (C=O) groups is 1. The Balaban J connectivity index is 0.000000225. The number of benzene rings is 1. The van der Waals surface area contributed by atoms with Crippen LogP contribution in [0.3, 0.4) is 0 Å². The monoisotopic (exact) mass is 304 g/mol. The lowest BCUT2D eigenvalue weighted by atomic mass is 10.1. The highest BCUT2D eigenvalue weighted by Crippen LogP contribution is 2.27. The molecule has 1 fully saturated rings. The van der Waals surface area contributed by atoms with Crippen molar-refractivity contribution in [3.05, 3.63) is 41.2 Å². The third-order valence-electron chi connectivity index (χ3n) is 3.15. The number of halogens is 1. The standard InChI is InChI=1S/C11H9ClN2O.C4H8N2/c1-7(15)8-2-3-9(10(12)6-8)11-13-4-5-14-11;5-4(6)3-1-2-3/h2-6H,1H3,(H,13,14);3H,1-2H2,(H3,5,6). The second-order valence-electron chi connectivity index (χ2n) is 4.92. The average Bonchev–Trinajstić information content (AvgIpc) is 3.16. The molecule has 0 radical (unpaired) electrons. The molecule has 0 amide bonds. The van der Waals surface area contributed by atoms with Gasteiger partial charge in [0.2, 0.25) is 0 Å². The SMILES string of the molecule is CC(=O)c1ccc(-c2ncc[nH]2)c(Cl)c1.N=C(N)C1CC1. The van der Waals surface area contributed by atoms with Gasteiger partial charge in [0.05, 0.1) is 10.9 Å². The summed E-state index contributed by atoms with van der Waals surface area (Å²) in [6, 6.07) is 5.19. The molecule has 5 nitrogen and oxygen atoms in total. The fourth-order valence-corrected chi connectivity index (χ4v) is 2.00. The molecule has 0 aliphatic heterocycles. The normalized spacial score (nSPS) is 13.2. The van der Waals surface area contributed by atoms with E-state index in [0.29, 0.717) is 28.2 Å². The van der Waals surface area contributed by atoms with Gasteiger partial charge in [0.25, 0.3) is 0 Å². The minimum Gasteiger partial charge on any atom is -0.387 e. The minimum absolute atomic E-state index is 0.00268. The van der Waals surface area contributed by atoms with Crippen molar-refractivity contribution in [1.29, 1.82) is 5.41 Å². The number of rotatable bonds is 3. The summed E-state index contributed by atoms with van der Waals surface area (Å²) in [7, 11) is 0. The number of amidine groups is 1. The maximum Gasteiger partial charge on any atom is 0.159 e. The number of carbonyl (C=O) groups excluding carboxylic acids is 1. The molecule has 1 heterocycles. The molecule has 2 aromatic rings. The number of nitrogens with two attached hydrogens (primary N) is 1. The Kier molecular flexibility index (Phi) is 4.75. The van der Waals surface area contributed by atoms with Crippen LogP contribution in [0.15, 0.2) is 30.6 Å². The van der Waals surface area contributed by atoms with E-state index in [-0.39, 0.29) is 5.78 Å². The Morgan fingerprint density at radius 2 is 2.19 bits per heavy atom. The minimum atomic E-state index is 0.00268. The molecular formula is C15H17ClN4O. The number of hydrogen-bond acceptors (Lipinski definition) is 3. The van der Waals surface area contributed by atoms with Crippen LogP contribution in [-0.4, -0.2) is 21.6 Å².